The maximum Gasteiger partial charge on any atom is 0.260 e. The van der Waals surface area contributed by atoms with E-state index in [0.717, 1.165) is 31.5 Å². The molecule has 2 aromatic heterocycles. The second-order valence-corrected chi connectivity index (χ2v) is 8.67. The summed E-state index contributed by atoms with van der Waals surface area (Å²) in [5, 5.41) is 11.5. The van der Waals surface area contributed by atoms with Gasteiger partial charge >= 0.3 is 0 Å². The van der Waals surface area contributed by atoms with Crippen molar-refractivity contribution in [2.24, 2.45) is 5.92 Å². The Kier molecular flexibility index (Phi) is 6.02. The molecule has 1 fully saturated rings. The van der Waals surface area contributed by atoms with Crippen LogP contribution in [-0.2, 0) is 6.54 Å². The van der Waals surface area contributed by atoms with Gasteiger partial charge in [0, 0.05) is 10.7 Å². The number of likely N-dealkylation sites (tertiary alicyclic amines) is 1. The zero-order chi connectivity index (χ0) is 21.3. The highest BCUT2D eigenvalue weighted by molar-refractivity contribution is 6.30. The summed E-state index contributed by atoms with van der Waals surface area (Å²) in [5.41, 5.74) is 1.80. The standard InChI is InChI=1S/C24H27ClN2O3/c1-16-8-10-26(11-9-16)23(18-5-3-6-19(25)14-18)22-21(28)13-17(2)27(24(22)29)15-20-7-4-12-30-20/h3-7,12-14,16,23,28H,8-11,15H2,1-2H3/t23-/m1/s1. The van der Waals surface area contributed by atoms with E-state index in [-0.39, 0.29) is 17.4 Å². The van der Waals surface area contributed by atoms with E-state index in [1.807, 2.05) is 37.3 Å². The van der Waals surface area contributed by atoms with Gasteiger partial charge in [0.05, 0.1) is 24.4 Å². The number of furan rings is 1. The molecule has 1 aliphatic heterocycles. The molecule has 158 valence electrons. The molecule has 0 saturated carbocycles. The third kappa shape index (κ3) is 4.18. The van der Waals surface area contributed by atoms with Crippen LogP contribution in [0.4, 0.5) is 0 Å². The largest absolute Gasteiger partial charge is 0.507 e. The normalized spacial score (nSPS) is 16.6. The highest BCUT2D eigenvalue weighted by Gasteiger charge is 2.31. The van der Waals surface area contributed by atoms with Crippen molar-refractivity contribution in [1.82, 2.24) is 9.47 Å². The van der Waals surface area contributed by atoms with Gasteiger partial charge in [0.15, 0.2) is 0 Å². The average molecular weight is 427 g/mol. The summed E-state index contributed by atoms with van der Waals surface area (Å²) in [6, 6.07) is 12.6. The minimum atomic E-state index is -0.354. The van der Waals surface area contributed by atoms with Crippen molar-refractivity contribution in [3.63, 3.8) is 0 Å². The summed E-state index contributed by atoms with van der Waals surface area (Å²) < 4.78 is 7.12. The molecular formula is C24H27ClN2O3. The summed E-state index contributed by atoms with van der Waals surface area (Å²) in [6.07, 6.45) is 3.72. The SMILES string of the molecule is Cc1cc(O)c([C@@H](c2cccc(Cl)c2)N2CCC(C)CC2)c(=O)n1Cc1ccco1. The van der Waals surface area contributed by atoms with E-state index in [4.69, 9.17) is 16.0 Å². The molecule has 0 unspecified atom stereocenters. The first-order valence-electron chi connectivity index (χ1n) is 10.4. The summed E-state index contributed by atoms with van der Waals surface area (Å²) >= 11 is 6.29. The first kappa shape index (κ1) is 20.8. The Morgan fingerprint density at radius 3 is 2.63 bits per heavy atom. The molecule has 6 heteroatoms. The van der Waals surface area contributed by atoms with E-state index in [2.05, 4.69) is 11.8 Å². The number of benzene rings is 1. The lowest BCUT2D eigenvalue weighted by atomic mass is 9.92. The van der Waals surface area contributed by atoms with E-state index >= 15 is 0 Å². The minimum Gasteiger partial charge on any atom is -0.507 e. The zero-order valence-corrected chi connectivity index (χ0v) is 18.1. The number of aryl methyl sites for hydroxylation is 1. The molecule has 1 N–H and O–H groups in total. The van der Waals surface area contributed by atoms with Gasteiger partial charge in [0.1, 0.15) is 11.5 Å². The Hall–Kier alpha value is -2.50. The fourth-order valence-corrected chi connectivity index (χ4v) is 4.50. The molecule has 1 atom stereocenters. The summed E-state index contributed by atoms with van der Waals surface area (Å²) in [7, 11) is 0. The molecule has 4 rings (SSSR count). The van der Waals surface area contributed by atoms with Gasteiger partial charge in [-0.2, -0.15) is 0 Å². The third-order valence-corrected chi connectivity index (χ3v) is 6.27. The maximum absolute atomic E-state index is 13.6. The minimum absolute atomic E-state index is 0.0248. The van der Waals surface area contributed by atoms with Crippen molar-refractivity contribution in [3.8, 4) is 5.75 Å². The van der Waals surface area contributed by atoms with Gasteiger partial charge in [-0.1, -0.05) is 30.7 Å². The van der Waals surface area contributed by atoms with E-state index in [0.29, 0.717) is 34.5 Å². The predicted octanol–water partition coefficient (Wildman–Crippen LogP) is 4.98. The monoisotopic (exact) mass is 426 g/mol. The van der Waals surface area contributed by atoms with Crippen LogP contribution in [0.15, 0.2) is 57.9 Å². The van der Waals surface area contributed by atoms with E-state index in [9.17, 15) is 9.90 Å². The van der Waals surface area contributed by atoms with Crippen molar-refractivity contribution in [1.29, 1.82) is 0 Å². The van der Waals surface area contributed by atoms with Gasteiger partial charge in [-0.25, -0.2) is 0 Å². The van der Waals surface area contributed by atoms with Crippen molar-refractivity contribution < 1.29 is 9.52 Å². The number of hydrogen-bond acceptors (Lipinski definition) is 4. The Labute approximate surface area is 181 Å². The third-order valence-electron chi connectivity index (χ3n) is 6.04. The second-order valence-electron chi connectivity index (χ2n) is 8.23. The van der Waals surface area contributed by atoms with Crippen LogP contribution in [-0.4, -0.2) is 27.7 Å². The maximum atomic E-state index is 13.6. The first-order chi connectivity index (χ1) is 14.4. The Morgan fingerprint density at radius 1 is 1.20 bits per heavy atom. The van der Waals surface area contributed by atoms with Crippen LogP contribution in [0, 0.1) is 12.8 Å². The van der Waals surface area contributed by atoms with Gasteiger partial charge in [-0.3, -0.25) is 9.69 Å². The molecule has 0 bridgehead atoms. The number of nitrogens with zero attached hydrogens (tertiary/aromatic N) is 2. The smallest absolute Gasteiger partial charge is 0.260 e. The number of aromatic nitrogens is 1. The highest BCUT2D eigenvalue weighted by atomic mass is 35.5. The molecule has 0 aliphatic carbocycles. The number of piperidine rings is 1. The molecule has 3 heterocycles. The first-order valence-corrected chi connectivity index (χ1v) is 10.8. The predicted molar refractivity (Wildman–Crippen MR) is 118 cm³/mol. The number of hydrogen-bond donors (Lipinski definition) is 1. The summed E-state index contributed by atoms with van der Waals surface area (Å²) in [5.74, 6) is 1.38. The van der Waals surface area contributed by atoms with E-state index in [1.54, 1.807) is 23.0 Å². The molecular weight excluding hydrogens is 400 g/mol. The number of aromatic hydroxyl groups is 1. The molecule has 0 spiro atoms. The zero-order valence-electron chi connectivity index (χ0n) is 17.3. The quantitative estimate of drug-likeness (QED) is 0.625. The molecule has 0 radical (unpaired) electrons. The lowest BCUT2D eigenvalue weighted by Gasteiger charge is -2.37. The molecule has 5 nitrogen and oxygen atoms in total. The van der Waals surface area contributed by atoms with Gasteiger partial charge in [-0.05, 0) is 74.7 Å². The molecule has 0 amide bonds. The highest BCUT2D eigenvalue weighted by Crippen LogP contribution is 2.36. The van der Waals surface area contributed by atoms with Crippen LogP contribution in [0.3, 0.4) is 0 Å². The van der Waals surface area contributed by atoms with Crippen molar-refractivity contribution >= 4 is 11.6 Å². The van der Waals surface area contributed by atoms with Crippen LogP contribution >= 0.6 is 11.6 Å². The van der Waals surface area contributed by atoms with Gasteiger partial charge < -0.3 is 14.1 Å². The van der Waals surface area contributed by atoms with Crippen LogP contribution in [0.1, 0.15) is 48.4 Å². The van der Waals surface area contributed by atoms with Gasteiger partial charge in [0.2, 0.25) is 0 Å². The van der Waals surface area contributed by atoms with Crippen molar-refractivity contribution in [2.45, 2.75) is 39.3 Å². The van der Waals surface area contributed by atoms with Crippen LogP contribution in [0.5, 0.6) is 5.75 Å². The van der Waals surface area contributed by atoms with Crippen LogP contribution < -0.4 is 5.56 Å². The Morgan fingerprint density at radius 2 is 1.97 bits per heavy atom. The molecule has 3 aromatic rings. The topological polar surface area (TPSA) is 58.6 Å². The summed E-state index contributed by atoms with van der Waals surface area (Å²) in [6.45, 7) is 6.13. The van der Waals surface area contributed by atoms with Gasteiger partial charge in [0.25, 0.3) is 5.56 Å². The molecule has 30 heavy (non-hydrogen) atoms. The fraction of sp³-hybridized carbons (Fsp3) is 0.375. The Balaban J connectivity index is 1.84. The van der Waals surface area contributed by atoms with Crippen molar-refractivity contribution in [3.05, 3.63) is 86.7 Å². The number of rotatable bonds is 5. The van der Waals surface area contributed by atoms with Crippen molar-refractivity contribution in [2.75, 3.05) is 13.1 Å². The Bertz CT molecular complexity index is 1070. The van der Waals surface area contributed by atoms with Gasteiger partial charge in [-0.15, -0.1) is 0 Å². The molecule has 1 aliphatic rings. The van der Waals surface area contributed by atoms with E-state index in [1.165, 1.54) is 0 Å². The summed E-state index contributed by atoms with van der Waals surface area (Å²) in [4.78, 5) is 15.9. The fourth-order valence-electron chi connectivity index (χ4n) is 4.30. The van der Waals surface area contributed by atoms with E-state index < -0.39 is 0 Å². The number of pyridine rings is 1. The van der Waals surface area contributed by atoms with Crippen LogP contribution in [0.2, 0.25) is 5.02 Å². The number of halogens is 1. The lowest BCUT2D eigenvalue weighted by molar-refractivity contribution is 0.154. The average Bonchev–Trinajstić information content (AvgIpc) is 3.22. The second kappa shape index (κ2) is 8.70. The lowest BCUT2D eigenvalue weighted by Crippen LogP contribution is -2.40. The van der Waals surface area contributed by atoms with Crippen LogP contribution in [0.25, 0.3) is 0 Å². The molecule has 1 aromatic carbocycles. The molecule has 1 saturated heterocycles.